The Morgan fingerprint density at radius 2 is 2.05 bits per heavy atom. The average Bonchev–Trinajstić information content (AvgIpc) is 2.40. The van der Waals surface area contributed by atoms with Crippen molar-refractivity contribution >= 4 is 11.6 Å². The molecule has 1 heterocycles. The molecule has 0 radical (unpaired) electrons. The summed E-state index contributed by atoms with van der Waals surface area (Å²) in [7, 11) is 0. The Labute approximate surface area is 108 Å². The SMILES string of the molecule is O=C(COc1ccc[nH]c1=O)Nc1ccccc1F. The Hall–Kier alpha value is -2.63. The standard InChI is InChI=1S/C13H11FN2O3/c14-9-4-1-2-5-10(9)16-12(17)8-19-11-6-3-7-15-13(11)18/h1-7H,8H2,(H,15,18)(H,16,17). The minimum atomic E-state index is -0.548. The summed E-state index contributed by atoms with van der Waals surface area (Å²) < 4.78 is 18.3. The van der Waals surface area contributed by atoms with Gasteiger partial charge in [0.1, 0.15) is 5.82 Å². The van der Waals surface area contributed by atoms with Crippen molar-refractivity contribution in [3.05, 3.63) is 58.8 Å². The number of benzene rings is 1. The highest BCUT2D eigenvalue weighted by molar-refractivity contribution is 5.91. The zero-order chi connectivity index (χ0) is 13.7. The molecule has 0 atom stereocenters. The maximum Gasteiger partial charge on any atom is 0.290 e. The molecule has 0 aliphatic rings. The van der Waals surface area contributed by atoms with Crippen LogP contribution in [-0.4, -0.2) is 17.5 Å². The Balaban J connectivity index is 1.94. The van der Waals surface area contributed by atoms with Gasteiger partial charge in [-0.15, -0.1) is 0 Å². The first-order valence-corrected chi connectivity index (χ1v) is 5.51. The van der Waals surface area contributed by atoms with Crippen LogP contribution in [0.2, 0.25) is 0 Å². The van der Waals surface area contributed by atoms with E-state index in [0.717, 1.165) is 0 Å². The van der Waals surface area contributed by atoms with Crippen LogP contribution < -0.4 is 15.6 Å². The van der Waals surface area contributed by atoms with E-state index in [-0.39, 0.29) is 18.0 Å². The van der Waals surface area contributed by atoms with Crippen LogP contribution in [0.1, 0.15) is 0 Å². The second kappa shape index (κ2) is 5.81. The number of carbonyl (C=O) groups is 1. The van der Waals surface area contributed by atoms with Crippen LogP contribution in [0.3, 0.4) is 0 Å². The molecule has 1 amide bonds. The molecule has 0 saturated heterocycles. The number of H-pyrrole nitrogens is 1. The fourth-order valence-corrected chi connectivity index (χ4v) is 1.41. The van der Waals surface area contributed by atoms with Gasteiger partial charge in [0, 0.05) is 6.20 Å². The summed E-state index contributed by atoms with van der Waals surface area (Å²) in [6, 6.07) is 8.80. The lowest BCUT2D eigenvalue weighted by Crippen LogP contribution is -2.23. The fraction of sp³-hybridized carbons (Fsp3) is 0.0769. The van der Waals surface area contributed by atoms with Crippen LogP contribution in [0.15, 0.2) is 47.4 Å². The number of amides is 1. The van der Waals surface area contributed by atoms with E-state index in [1.54, 1.807) is 12.1 Å². The second-order valence-corrected chi connectivity index (χ2v) is 3.68. The third-order valence-corrected chi connectivity index (χ3v) is 2.29. The molecule has 6 heteroatoms. The van der Waals surface area contributed by atoms with Crippen molar-refractivity contribution in [2.24, 2.45) is 0 Å². The number of halogens is 1. The molecule has 2 aromatic rings. The number of pyridine rings is 1. The molecule has 0 unspecified atom stereocenters. The van der Waals surface area contributed by atoms with Gasteiger partial charge in [-0.05, 0) is 24.3 Å². The van der Waals surface area contributed by atoms with E-state index < -0.39 is 17.3 Å². The summed E-state index contributed by atoms with van der Waals surface area (Å²) in [5, 5.41) is 2.35. The van der Waals surface area contributed by atoms with E-state index in [9.17, 15) is 14.0 Å². The zero-order valence-corrected chi connectivity index (χ0v) is 9.85. The molecule has 1 aromatic heterocycles. The van der Waals surface area contributed by atoms with Crippen molar-refractivity contribution in [2.75, 3.05) is 11.9 Å². The number of carbonyl (C=O) groups excluding carboxylic acids is 1. The minimum absolute atomic E-state index is 0.0335. The van der Waals surface area contributed by atoms with Gasteiger partial charge in [0.2, 0.25) is 0 Å². The summed E-state index contributed by atoms with van der Waals surface area (Å²) >= 11 is 0. The van der Waals surface area contributed by atoms with Gasteiger partial charge in [0.05, 0.1) is 5.69 Å². The van der Waals surface area contributed by atoms with Crippen LogP contribution in [-0.2, 0) is 4.79 Å². The predicted octanol–water partition coefficient (Wildman–Crippen LogP) is 1.53. The first-order chi connectivity index (χ1) is 9.16. The first-order valence-electron chi connectivity index (χ1n) is 5.51. The predicted molar refractivity (Wildman–Crippen MR) is 67.6 cm³/mol. The summed E-state index contributed by atoms with van der Waals surface area (Å²) in [5.41, 5.74) is -0.362. The molecule has 0 aliphatic carbocycles. The van der Waals surface area contributed by atoms with Gasteiger partial charge >= 0.3 is 0 Å². The van der Waals surface area contributed by atoms with Gasteiger partial charge < -0.3 is 15.0 Å². The first kappa shape index (κ1) is 12.8. The maximum atomic E-state index is 13.3. The van der Waals surface area contributed by atoms with E-state index in [2.05, 4.69) is 10.3 Å². The van der Waals surface area contributed by atoms with Crippen molar-refractivity contribution in [3.63, 3.8) is 0 Å². The van der Waals surface area contributed by atoms with Crippen LogP contribution in [0, 0.1) is 5.82 Å². The quantitative estimate of drug-likeness (QED) is 0.877. The normalized spacial score (nSPS) is 9.95. The number of aromatic amines is 1. The van der Waals surface area contributed by atoms with E-state index in [1.807, 2.05) is 0 Å². The fourth-order valence-electron chi connectivity index (χ4n) is 1.41. The lowest BCUT2D eigenvalue weighted by Gasteiger charge is -2.07. The third-order valence-electron chi connectivity index (χ3n) is 2.29. The highest BCUT2D eigenvalue weighted by Crippen LogP contribution is 2.12. The summed E-state index contributed by atoms with van der Waals surface area (Å²) in [6.45, 7) is -0.374. The molecule has 0 bridgehead atoms. The molecule has 2 rings (SSSR count). The molecule has 0 spiro atoms. The van der Waals surface area contributed by atoms with Crippen molar-refractivity contribution in [1.82, 2.24) is 4.98 Å². The highest BCUT2D eigenvalue weighted by Gasteiger charge is 2.08. The van der Waals surface area contributed by atoms with E-state index in [4.69, 9.17) is 4.74 Å². The summed E-state index contributed by atoms with van der Waals surface area (Å²) in [6.07, 6.45) is 1.45. The number of anilines is 1. The Kier molecular flexibility index (Phi) is 3.92. The van der Waals surface area contributed by atoms with Crippen LogP contribution >= 0.6 is 0 Å². The van der Waals surface area contributed by atoms with Gasteiger partial charge in [0.15, 0.2) is 12.4 Å². The maximum absolute atomic E-state index is 13.3. The van der Waals surface area contributed by atoms with Gasteiger partial charge in [-0.3, -0.25) is 9.59 Å². The monoisotopic (exact) mass is 262 g/mol. The zero-order valence-electron chi connectivity index (χ0n) is 9.85. The average molecular weight is 262 g/mol. The van der Waals surface area contributed by atoms with Crippen molar-refractivity contribution < 1.29 is 13.9 Å². The van der Waals surface area contributed by atoms with Crippen LogP contribution in [0.25, 0.3) is 0 Å². The molecule has 0 saturated carbocycles. The summed E-state index contributed by atoms with van der Waals surface area (Å²) in [4.78, 5) is 25.2. The number of hydrogen-bond acceptors (Lipinski definition) is 3. The molecule has 1 aromatic carbocycles. The van der Waals surface area contributed by atoms with Crippen LogP contribution in [0.5, 0.6) is 5.75 Å². The lowest BCUT2D eigenvalue weighted by molar-refractivity contribution is -0.118. The number of aromatic nitrogens is 1. The number of nitrogens with one attached hydrogen (secondary N) is 2. The largest absolute Gasteiger partial charge is 0.478 e. The van der Waals surface area contributed by atoms with E-state index >= 15 is 0 Å². The number of ether oxygens (including phenoxy) is 1. The minimum Gasteiger partial charge on any atom is -0.478 e. The van der Waals surface area contributed by atoms with Crippen molar-refractivity contribution in [2.45, 2.75) is 0 Å². The molecule has 98 valence electrons. The molecule has 0 fully saturated rings. The van der Waals surface area contributed by atoms with Crippen molar-refractivity contribution in [3.8, 4) is 5.75 Å². The highest BCUT2D eigenvalue weighted by atomic mass is 19.1. The number of hydrogen-bond donors (Lipinski definition) is 2. The molecular weight excluding hydrogens is 251 g/mol. The smallest absolute Gasteiger partial charge is 0.290 e. The molecular formula is C13H11FN2O3. The number of para-hydroxylation sites is 1. The molecule has 19 heavy (non-hydrogen) atoms. The third kappa shape index (κ3) is 3.41. The van der Waals surface area contributed by atoms with E-state index in [0.29, 0.717) is 0 Å². The van der Waals surface area contributed by atoms with Gasteiger partial charge in [0.25, 0.3) is 11.5 Å². The van der Waals surface area contributed by atoms with E-state index in [1.165, 1.54) is 30.5 Å². The van der Waals surface area contributed by atoms with Gasteiger partial charge in [-0.25, -0.2) is 4.39 Å². The number of rotatable bonds is 4. The van der Waals surface area contributed by atoms with Gasteiger partial charge in [-0.2, -0.15) is 0 Å². The van der Waals surface area contributed by atoms with Crippen molar-refractivity contribution in [1.29, 1.82) is 0 Å². The van der Waals surface area contributed by atoms with Gasteiger partial charge in [-0.1, -0.05) is 12.1 Å². The summed E-state index contributed by atoms with van der Waals surface area (Å²) in [5.74, 6) is -1.05. The Bertz CT molecular complexity index is 640. The Morgan fingerprint density at radius 1 is 1.26 bits per heavy atom. The lowest BCUT2D eigenvalue weighted by atomic mass is 10.3. The topological polar surface area (TPSA) is 71.2 Å². The molecule has 2 N–H and O–H groups in total. The molecule has 0 aliphatic heterocycles. The molecule has 5 nitrogen and oxygen atoms in total. The Morgan fingerprint density at radius 3 is 2.79 bits per heavy atom. The second-order valence-electron chi connectivity index (χ2n) is 3.68. The van der Waals surface area contributed by atoms with Crippen LogP contribution in [0.4, 0.5) is 10.1 Å².